The summed E-state index contributed by atoms with van der Waals surface area (Å²) in [4.78, 5) is 25.1. The Morgan fingerprint density at radius 2 is 1.95 bits per heavy atom. The van der Waals surface area contributed by atoms with Crippen molar-refractivity contribution < 1.29 is 24.2 Å². The van der Waals surface area contributed by atoms with E-state index in [1.807, 2.05) is 0 Å². The number of carboxylic acid groups (broad SMARTS) is 2. The summed E-state index contributed by atoms with van der Waals surface area (Å²) in [5, 5.41) is 18.6. The number of aliphatic carboxylic acids is 2. The van der Waals surface area contributed by atoms with Crippen molar-refractivity contribution in [1.29, 1.82) is 0 Å². The first-order valence-electron chi connectivity index (χ1n) is 5.57. The summed E-state index contributed by atoms with van der Waals surface area (Å²) in [7, 11) is 0. The molecule has 19 heavy (non-hydrogen) atoms. The Kier molecular flexibility index (Phi) is 3.01. The number of halogens is 1. The molecule has 0 spiro atoms. The monoisotopic (exact) mass is 265 g/mol. The van der Waals surface area contributed by atoms with E-state index < -0.39 is 23.2 Å². The van der Waals surface area contributed by atoms with Crippen molar-refractivity contribution in [2.45, 2.75) is 13.3 Å². The lowest BCUT2D eigenvalue weighted by atomic mass is 9.83. The van der Waals surface area contributed by atoms with Gasteiger partial charge in [0.15, 0.2) is 5.41 Å². The van der Waals surface area contributed by atoms with Gasteiger partial charge in [-0.2, -0.15) is 0 Å². The topological polar surface area (TPSA) is 90.4 Å². The van der Waals surface area contributed by atoms with Crippen LogP contribution in [-0.4, -0.2) is 27.1 Å². The van der Waals surface area contributed by atoms with Crippen LogP contribution >= 0.6 is 0 Å². The zero-order chi connectivity index (χ0) is 14.2. The fourth-order valence-corrected chi connectivity index (χ4v) is 1.92. The van der Waals surface area contributed by atoms with Crippen LogP contribution in [-0.2, 0) is 16.0 Å². The molecule has 0 radical (unpaired) electrons. The molecule has 1 heterocycles. The number of benzene rings is 1. The zero-order valence-electron chi connectivity index (χ0n) is 10.1. The molecular formula is C13H12FNO4. The first-order valence-corrected chi connectivity index (χ1v) is 5.57. The molecule has 0 amide bonds. The standard InChI is InChI=1S/C13H12FNO4/c1-13(11(16)17,12(18)19)5-7-6-15-10-3-2-8(14)4-9(7)10/h2-4,6,15H,5H2,1H3,(H,16,17)(H,18,19). The van der Waals surface area contributed by atoms with Crippen molar-refractivity contribution in [3.63, 3.8) is 0 Å². The number of nitrogens with one attached hydrogen (secondary N) is 1. The highest BCUT2D eigenvalue weighted by Gasteiger charge is 2.42. The number of carboxylic acids is 2. The Labute approximate surface area is 107 Å². The van der Waals surface area contributed by atoms with Gasteiger partial charge in [0.05, 0.1) is 0 Å². The summed E-state index contributed by atoms with van der Waals surface area (Å²) in [5.74, 6) is -3.31. The summed E-state index contributed by atoms with van der Waals surface area (Å²) in [6, 6.07) is 4.05. The highest BCUT2D eigenvalue weighted by Crippen LogP contribution is 2.28. The lowest BCUT2D eigenvalue weighted by molar-refractivity contribution is -0.163. The van der Waals surface area contributed by atoms with E-state index >= 15 is 0 Å². The third-order valence-corrected chi connectivity index (χ3v) is 3.22. The molecule has 0 aliphatic rings. The van der Waals surface area contributed by atoms with Crippen molar-refractivity contribution in [3.05, 3.63) is 35.8 Å². The number of hydrogen-bond acceptors (Lipinski definition) is 2. The van der Waals surface area contributed by atoms with Gasteiger partial charge in [-0.3, -0.25) is 9.59 Å². The maximum absolute atomic E-state index is 13.2. The summed E-state index contributed by atoms with van der Waals surface area (Å²) in [6.07, 6.45) is 1.29. The van der Waals surface area contributed by atoms with Gasteiger partial charge in [0.25, 0.3) is 0 Å². The molecule has 0 atom stereocenters. The number of H-pyrrole nitrogens is 1. The molecule has 0 saturated heterocycles. The van der Waals surface area contributed by atoms with E-state index in [2.05, 4.69) is 4.98 Å². The second kappa shape index (κ2) is 4.38. The van der Waals surface area contributed by atoms with Crippen molar-refractivity contribution in [2.24, 2.45) is 5.41 Å². The summed E-state index contributed by atoms with van der Waals surface area (Å²) in [6.45, 7) is 1.13. The van der Waals surface area contributed by atoms with Crippen LogP contribution in [0.25, 0.3) is 10.9 Å². The van der Waals surface area contributed by atoms with Crippen molar-refractivity contribution >= 4 is 22.8 Å². The molecule has 1 aromatic heterocycles. The molecule has 0 aliphatic heterocycles. The number of aromatic amines is 1. The molecule has 0 bridgehead atoms. The number of aromatic nitrogens is 1. The van der Waals surface area contributed by atoms with Crippen LogP contribution in [0.5, 0.6) is 0 Å². The minimum absolute atomic E-state index is 0.221. The summed E-state index contributed by atoms with van der Waals surface area (Å²) >= 11 is 0. The molecule has 3 N–H and O–H groups in total. The largest absolute Gasteiger partial charge is 0.480 e. The Balaban J connectivity index is 2.48. The van der Waals surface area contributed by atoms with Crippen LogP contribution in [0.3, 0.4) is 0 Å². The minimum atomic E-state index is -1.94. The molecule has 0 fully saturated rings. The highest BCUT2D eigenvalue weighted by molar-refractivity contribution is 5.98. The number of rotatable bonds is 4. The molecule has 0 saturated carbocycles. The fraction of sp³-hybridized carbons (Fsp3) is 0.231. The maximum atomic E-state index is 13.2. The van der Waals surface area contributed by atoms with E-state index in [-0.39, 0.29) is 6.42 Å². The van der Waals surface area contributed by atoms with Crippen LogP contribution in [0, 0.1) is 11.2 Å². The maximum Gasteiger partial charge on any atom is 0.321 e. The van der Waals surface area contributed by atoms with E-state index in [4.69, 9.17) is 10.2 Å². The van der Waals surface area contributed by atoms with E-state index in [0.717, 1.165) is 6.92 Å². The predicted molar refractivity (Wildman–Crippen MR) is 65.3 cm³/mol. The van der Waals surface area contributed by atoms with Crippen LogP contribution < -0.4 is 0 Å². The quantitative estimate of drug-likeness (QED) is 0.738. The zero-order valence-corrected chi connectivity index (χ0v) is 10.1. The second-order valence-corrected chi connectivity index (χ2v) is 4.62. The van der Waals surface area contributed by atoms with E-state index in [1.54, 1.807) is 0 Å². The first-order chi connectivity index (χ1) is 8.84. The fourth-order valence-electron chi connectivity index (χ4n) is 1.92. The molecular weight excluding hydrogens is 253 g/mol. The van der Waals surface area contributed by atoms with Crippen LogP contribution in [0.4, 0.5) is 4.39 Å². The van der Waals surface area contributed by atoms with Crippen LogP contribution in [0.2, 0.25) is 0 Å². The van der Waals surface area contributed by atoms with Crippen molar-refractivity contribution in [2.75, 3.05) is 0 Å². The van der Waals surface area contributed by atoms with Crippen LogP contribution in [0.15, 0.2) is 24.4 Å². The van der Waals surface area contributed by atoms with Gasteiger partial charge in [-0.05, 0) is 30.7 Å². The molecule has 100 valence electrons. The van der Waals surface area contributed by atoms with Crippen molar-refractivity contribution in [1.82, 2.24) is 4.98 Å². The Hall–Kier alpha value is -2.37. The first kappa shape index (κ1) is 13.1. The van der Waals surface area contributed by atoms with Gasteiger partial charge >= 0.3 is 11.9 Å². The lowest BCUT2D eigenvalue weighted by Gasteiger charge is -2.18. The van der Waals surface area contributed by atoms with Gasteiger partial charge < -0.3 is 15.2 Å². The molecule has 0 unspecified atom stereocenters. The average Bonchev–Trinajstić information content (AvgIpc) is 2.71. The smallest absolute Gasteiger partial charge is 0.321 e. The minimum Gasteiger partial charge on any atom is -0.480 e. The average molecular weight is 265 g/mol. The molecule has 2 aromatic rings. The Morgan fingerprint density at radius 3 is 2.53 bits per heavy atom. The van der Waals surface area contributed by atoms with E-state index in [9.17, 15) is 14.0 Å². The Morgan fingerprint density at radius 1 is 1.32 bits per heavy atom. The number of carbonyl (C=O) groups is 2. The molecule has 0 aliphatic carbocycles. The summed E-state index contributed by atoms with van der Waals surface area (Å²) < 4.78 is 13.2. The third kappa shape index (κ3) is 2.16. The van der Waals surface area contributed by atoms with Gasteiger partial charge in [-0.1, -0.05) is 0 Å². The highest BCUT2D eigenvalue weighted by atomic mass is 19.1. The van der Waals surface area contributed by atoms with Gasteiger partial charge in [-0.25, -0.2) is 4.39 Å². The van der Waals surface area contributed by atoms with E-state index in [0.29, 0.717) is 16.5 Å². The molecule has 6 heteroatoms. The number of fused-ring (bicyclic) bond motifs is 1. The van der Waals surface area contributed by atoms with Gasteiger partial charge in [-0.15, -0.1) is 0 Å². The van der Waals surface area contributed by atoms with Gasteiger partial charge in [0, 0.05) is 23.5 Å². The van der Waals surface area contributed by atoms with Gasteiger partial charge in [0.1, 0.15) is 5.82 Å². The van der Waals surface area contributed by atoms with Crippen molar-refractivity contribution in [3.8, 4) is 0 Å². The normalized spacial score (nSPS) is 11.7. The van der Waals surface area contributed by atoms with Gasteiger partial charge in [0.2, 0.25) is 0 Å². The van der Waals surface area contributed by atoms with Crippen LogP contribution in [0.1, 0.15) is 12.5 Å². The molecule has 2 rings (SSSR count). The third-order valence-electron chi connectivity index (χ3n) is 3.22. The lowest BCUT2D eigenvalue weighted by Crippen LogP contribution is -2.38. The predicted octanol–water partition coefficient (Wildman–Crippen LogP) is 2.02. The second-order valence-electron chi connectivity index (χ2n) is 4.62. The Bertz CT molecular complexity index is 648. The molecule has 1 aromatic carbocycles. The summed E-state index contributed by atoms with van der Waals surface area (Å²) in [5.41, 5.74) is -0.849. The number of hydrogen-bond donors (Lipinski definition) is 3. The molecule has 5 nitrogen and oxygen atoms in total. The van der Waals surface area contributed by atoms with E-state index in [1.165, 1.54) is 24.4 Å². The SMILES string of the molecule is CC(Cc1c[nH]c2ccc(F)cc12)(C(=O)O)C(=O)O.